The quantitative estimate of drug-likeness (QED) is 0.0871. The Balaban J connectivity index is 0.00000420. The average molecular weight is 479 g/mol. The fraction of sp³-hybridized carbons (Fsp3) is 0.533. The molecule has 1 radical (unpaired) electrons. The number of rotatable bonds is 7. The summed E-state index contributed by atoms with van der Waals surface area (Å²) in [5.74, 6) is 0. The molecule has 0 aliphatic carbocycles. The second-order valence-electron chi connectivity index (χ2n) is 5.93. The Kier molecular flexibility index (Phi) is 11.7. The first-order valence-electron chi connectivity index (χ1n) is 8.05. The van der Waals surface area contributed by atoms with Gasteiger partial charge in [-0.3, -0.25) is 4.55 Å². The van der Waals surface area contributed by atoms with Gasteiger partial charge in [0.2, 0.25) is 0 Å². The van der Waals surface area contributed by atoms with Gasteiger partial charge in [-0.1, -0.05) is 47.2 Å². The van der Waals surface area contributed by atoms with Gasteiger partial charge in [0, 0.05) is 57.8 Å². The van der Waals surface area contributed by atoms with Gasteiger partial charge in [0.1, 0.15) is 34.9 Å². The van der Waals surface area contributed by atoms with E-state index in [0.717, 1.165) is 0 Å². The van der Waals surface area contributed by atoms with Crippen LogP contribution in [0.1, 0.15) is 18.1 Å². The molecule has 6 N–H and O–H groups in total. The van der Waals surface area contributed by atoms with Crippen LogP contribution in [0.3, 0.4) is 0 Å². The molecule has 2 rings (SSSR count). The Morgan fingerprint density at radius 1 is 1.17 bits per heavy atom. The van der Waals surface area contributed by atoms with Crippen molar-refractivity contribution in [3.8, 4) is 0 Å². The van der Waals surface area contributed by atoms with Crippen LogP contribution in [-0.2, 0) is 19.4 Å². The van der Waals surface area contributed by atoms with Crippen LogP contribution in [0.2, 0.25) is 0 Å². The number of aliphatic hydroxyl groups excluding tert-OH is 5. The van der Waals surface area contributed by atoms with Crippen LogP contribution >= 0.6 is 11.8 Å². The first-order chi connectivity index (χ1) is 13.1. The van der Waals surface area contributed by atoms with E-state index in [9.17, 15) is 34.0 Å². The molecule has 1 aliphatic rings. The van der Waals surface area contributed by atoms with E-state index in [4.69, 9.17) is 9.29 Å². The monoisotopic (exact) mass is 478 g/mol. The Hall–Kier alpha value is 0.346. The van der Waals surface area contributed by atoms with E-state index in [-0.39, 0.29) is 62.8 Å². The molecule has 1 aromatic carbocycles. The molecule has 0 aromatic heterocycles. The molecule has 11 nitrogen and oxygen atoms in total. The number of nitrogens with zero attached hydrogens (tertiary/aromatic N) is 1. The van der Waals surface area contributed by atoms with E-state index in [2.05, 4.69) is 9.44 Å². The Bertz CT molecular complexity index is 764. The van der Waals surface area contributed by atoms with E-state index in [1.165, 1.54) is 0 Å². The van der Waals surface area contributed by atoms with E-state index in [1.807, 2.05) is 0 Å². The maximum atomic E-state index is 10.8. The van der Waals surface area contributed by atoms with Gasteiger partial charge >= 0.3 is 10.4 Å². The maximum absolute atomic E-state index is 10.8. The van der Waals surface area contributed by atoms with Gasteiger partial charge in [0.05, 0.1) is 12.7 Å². The summed E-state index contributed by atoms with van der Waals surface area (Å²) in [6.07, 6.45) is -7.43. The molecule has 1 saturated heterocycles. The first kappa shape index (κ1) is 27.4. The Labute approximate surface area is 214 Å². The third kappa shape index (κ3) is 8.42. The fourth-order valence-electron chi connectivity index (χ4n) is 2.45. The molecular weight excluding hydrogens is 457 g/mol. The average Bonchev–Trinajstić information content (AvgIpc) is 2.66. The van der Waals surface area contributed by atoms with Crippen LogP contribution in [-0.4, -0.2) is 131 Å². The van der Waals surface area contributed by atoms with Gasteiger partial charge < -0.3 is 30.3 Å². The summed E-state index contributed by atoms with van der Waals surface area (Å²) in [5, 5.41) is 52.3. The molecule has 0 spiro atoms. The summed E-state index contributed by atoms with van der Waals surface area (Å²) in [4.78, 5) is 0. The molecule has 159 valence electrons. The van der Waals surface area contributed by atoms with Crippen molar-refractivity contribution in [1.82, 2.24) is 0 Å². The molecule has 1 heterocycles. The number of oxime groups is 1. The van der Waals surface area contributed by atoms with Crippen molar-refractivity contribution in [2.45, 2.75) is 42.4 Å². The Morgan fingerprint density at radius 3 is 2.34 bits per heavy atom. The summed E-state index contributed by atoms with van der Waals surface area (Å²) in [6, 6.07) is 8.31. The summed E-state index contributed by atoms with van der Waals surface area (Å²) in [6.45, 7) is -0.650. The van der Waals surface area contributed by atoms with E-state index in [1.54, 1.807) is 30.3 Å². The van der Waals surface area contributed by atoms with Gasteiger partial charge in [-0.25, -0.2) is 4.28 Å². The van der Waals surface area contributed by atoms with Crippen molar-refractivity contribution in [2.24, 2.45) is 5.16 Å². The predicted octanol–water partition coefficient (Wildman–Crippen LogP) is -1.60. The normalized spacial score (nSPS) is 29.0. The number of ether oxygens (including phenoxy) is 1. The van der Waals surface area contributed by atoms with Gasteiger partial charge in [0.15, 0.2) is 0 Å². The largest absolute Gasteiger partial charge is 0.466 e. The van der Waals surface area contributed by atoms with E-state index in [0.29, 0.717) is 17.3 Å². The summed E-state index contributed by atoms with van der Waals surface area (Å²) < 4.78 is 39.6. The van der Waals surface area contributed by atoms with Gasteiger partial charge in [-0.2, -0.15) is 8.42 Å². The van der Waals surface area contributed by atoms with Crippen LogP contribution in [0, 0.1) is 0 Å². The summed E-state index contributed by atoms with van der Waals surface area (Å²) in [7, 11) is -4.92. The van der Waals surface area contributed by atoms with Crippen LogP contribution < -0.4 is 0 Å². The van der Waals surface area contributed by atoms with Crippen LogP contribution in [0.4, 0.5) is 0 Å². The van der Waals surface area contributed by atoms with Crippen molar-refractivity contribution < 1.29 is 47.5 Å². The van der Waals surface area contributed by atoms with Crippen molar-refractivity contribution >= 4 is 78.6 Å². The molecule has 0 saturated carbocycles. The molecule has 1 fully saturated rings. The molecule has 0 unspecified atom stereocenters. The molecule has 29 heavy (non-hydrogen) atoms. The maximum Gasteiger partial charge on any atom is 0.466 e. The standard InChI is InChI=1S/C15H21NO10S2.K/c17-7-10-12(19)13(20)14(21)15(25-10)27-11(16-26-28(22,23)24)6-9(18)8-4-2-1-3-5-8;/h1-5,9-10,12-15,17-21H,6-7H2,(H,22,23,24);/t9-,10-,12-,13+,14-,15+;/m1./s1. The van der Waals surface area contributed by atoms with Crippen LogP contribution in [0.5, 0.6) is 0 Å². The second kappa shape index (κ2) is 12.4. The predicted molar refractivity (Wildman–Crippen MR) is 103 cm³/mol. The van der Waals surface area contributed by atoms with Crippen molar-refractivity contribution in [2.75, 3.05) is 6.61 Å². The summed E-state index contributed by atoms with van der Waals surface area (Å²) in [5.41, 5.74) is -0.793. The SMILES string of the molecule is O=S(=O)(O)ON=C(C[C@@H](O)c1ccccc1)S[C@@H]1O[C@H](CO)[C@@H](O)[C@H](O)[C@H]1O.[K]. The topological polar surface area (TPSA) is 186 Å². The molecule has 1 aliphatic heterocycles. The van der Waals surface area contributed by atoms with Crippen molar-refractivity contribution in [3.05, 3.63) is 35.9 Å². The van der Waals surface area contributed by atoms with Gasteiger partial charge in [-0.05, 0) is 5.56 Å². The number of aliphatic hydroxyl groups is 5. The molecule has 14 heteroatoms. The third-order valence-corrected chi connectivity index (χ3v) is 5.28. The zero-order chi connectivity index (χ0) is 20.9. The smallest absolute Gasteiger partial charge is 0.394 e. The third-order valence-electron chi connectivity index (χ3n) is 3.89. The number of hydrogen-bond donors (Lipinski definition) is 6. The molecule has 6 atom stereocenters. The summed E-state index contributed by atoms with van der Waals surface area (Å²) >= 11 is 0.597. The minimum Gasteiger partial charge on any atom is -0.394 e. The zero-order valence-corrected chi connectivity index (χ0v) is 20.1. The van der Waals surface area contributed by atoms with Crippen LogP contribution in [0.25, 0.3) is 0 Å². The van der Waals surface area contributed by atoms with E-state index >= 15 is 0 Å². The first-order valence-corrected chi connectivity index (χ1v) is 10.3. The van der Waals surface area contributed by atoms with Gasteiger partial charge in [0.25, 0.3) is 0 Å². The fourth-order valence-corrected chi connectivity index (χ4v) is 3.79. The van der Waals surface area contributed by atoms with Crippen LogP contribution in [0.15, 0.2) is 35.5 Å². The number of hydrogen-bond acceptors (Lipinski definition) is 11. The second-order valence-corrected chi connectivity index (χ2v) is 8.11. The van der Waals surface area contributed by atoms with E-state index < -0.39 is 53.0 Å². The zero-order valence-electron chi connectivity index (χ0n) is 15.3. The molecule has 1 aromatic rings. The number of thioether (sulfide) groups is 1. The van der Waals surface area contributed by atoms with Crippen molar-refractivity contribution in [1.29, 1.82) is 0 Å². The number of benzene rings is 1. The van der Waals surface area contributed by atoms with Gasteiger partial charge in [-0.15, -0.1) is 0 Å². The Morgan fingerprint density at radius 2 is 1.79 bits per heavy atom. The molecule has 0 bridgehead atoms. The van der Waals surface area contributed by atoms with Crippen molar-refractivity contribution in [3.63, 3.8) is 0 Å². The molecule has 0 amide bonds. The minimum atomic E-state index is -4.92. The molecular formula is C15H21KNO10S2. The minimum absolute atomic E-state index is 0.